The molecular weight excluding hydrogens is 271 g/mol. The average molecular weight is 286 g/mol. The molecule has 1 atom stereocenters. The number of halogens is 1. The third-order valence-corrected chi connectivity index (χ3v) is 1.12. The number of nitrogens with zero attached hydrogens (tertiary/aromatic N) is 1. The molecule has 0 aromatic carbocycles. The number of amides is 1. The highest BCUT2D eigenvalue weighted by atomic mass is 127. The van der Waals surface area contributed by atoms with Crippen LogP contribution in [0.15, 0.2) is 4.99 Å². The molecule has 0 heterocycles. The van der Waals surface area contributed by atoms with E-state index < -0.39 is 11.9 Å². The Bertz CT molecular complexity index is 171. The Morgan fingerprint density at radius 3 is 2.42 bits per heavy atom. The molecule has 0 aliphatic heterocycles. The van der Waals surface area contributed by atoms with E-state index >= 15 is 0 Å². The molecule has 1 amide bonds. The van der Waals surface area contributed by atoms with Crippen LogP contribution in [0.25, 0.3) is 0 Å². The van der Waals surface area contributed by atoms with Gasteiger partial charge in [0, 0.05) is 6.54 Å². The number of carbonyl (C=O) groups excluding carboxylic acids is 1. The van der Waals surface area contributed by atoms with Crippen molar-refractivity contribution in [3.05, 3.63) is 0 Å². The predicted molar refractivity (Wildman–Crippen MR) is 59.4 cm³/mol. The van der Waals surface area contributed by atoms with Crippen LogP contribution in [0.2, 0.25) is 0 Å². The fraction of sp³-hybridized carbons (Fsp3) is 0.667. The van der Waals surface area contributed by atoms with E-state index in [1.54, 1.807) is 6.92 Å². The lowest BCUT2D eigenvalue weighted by molar-refractivity contribution is -0.119. The van der Waals surface area contributed by atoms with Gasteiger partial charge in [0.15, 0.2) is 5.96 Å². The molecule has 12 heavy (non-hydrogen) atoms. The van der Waals surface area contributed by atoms with Crippen molar-refractivity contribution in [2.45, 2.75) is 19.9 Å². The Morgan fingerprint density at radius 2 is 2.08 bits per heavy atom. The Labute approximate surface area is 89.0 Å². The lowest BCUT2D eigenvalue weighted by atomic mass is 10.3. The van der Waals surface area contributed by atoms with Crippen LogP contribution in [-0.4, -0.2) is 24.5 Å². The van der Waals surface area contributed by atoms with E-state index in [0.29, 0.717) is 6.54 Å². The van der Waals surface area contributed by atoms with Gasteiger partial charge in [0.1, 0.15) is 6.04 Å². The zero-order valence-electron chi connectivity index (χ0n) is 7.20. The summed E-state index contributed by atoms with van der Waals surface area (Å²) in [5.74, 6) is -0.196. The molecule has 0 aliphatic rings. The molecule has 5 nitrogen and oxygen atoms in total. The lowest BCUT2D eigenvalue weighted by Crippen LogP contribution is -2.45. The number of hydrogen-bond acceptors (Lipinski definition) is 2. The van der Waals surface area contributed by atoms with Crippen LogP contribution in [0.1, 0.15) is 13.8 Å². The first kappa shape index (κ1) is 14.0. The molecule has 0 spiro atoms. The van der Waals surface area contributed by atoms with Crippen LogP contribution in [-0.2, 0) is 4.79 Å². The molecule has 5 N–H and O–H groups in total. The van der Waals surface area contributed by atoms with Crippen molar-refractivity contribution in [3.63, 3.8) is 0 Å². The van der Waals surface area contributed by atoms with Gasteiger partial charge >= 0.3 is 0 Å². The number of guanidine groups is 1. The van der Waals surface area contributed by atoms with Gasteiger partial charge in [-0.2, -0.15) is 0 Å². The Balaban J connectivity index is 0. The van der Waals surface area contributed by atoms with E-state index in [1.165, 1.54) is 0 Å². The van der Waals surface area contributed by atoms with Gasteiger partial charge in [-0.15, -0.1) is 24.0 Å². The topological polar surface area (TPSA) is 93.5 Å². The van der Waals surface area contributed by atoms with Crippen LogP contribution in [0.5, 0.6) is 0 Å². The zero-order valence-corrected chi connectivity index (χ0v) is 9.53. The van der Waals surface area contributed by atoms with Crippen molar-refractivity contribution in [2.24, 2.45) is 16.5 Å². The summed E-state index contributed by atoms with van der Waals surface area (Å²) >= 11 is 0. The van der Waals surface area contributed by atoms with Crippen LogP contribution in [0.3, 0.4) is 0 Å². The van der Waals surface area contributed by atoms with Crippen molar-refractivity contribution in [2.75, 3.05) is 6.54 Å². The molecule has 0 aliphatic carbocycles. The summed E-state index contributed by atoms with van der Waals surface area (Å²) in [5.41, 5.74) is 10.3. The number of hydrogen-bond donors (Lipinski definition) is 3. The van der Waals surface area contributed by atoms with Crippen LogP contribution >= 0.6 is 24.0 Å². The number of primary amides is 1. The van der Waals surface area contributed by atoms with Gasteiger partial charge in [-0.25, -0.2) is 0 Å². The van der Waals surface area contributed by atoms with E-state index in [-0.39, 0.29) is 29.9 Å². The standard InChI is InChI=1S/C6H14N4O.HI/c1-3-9-6(8)10-4(2)5(7)11;/h4H,3H2,1-2H3,(H2,7,11)(H3,8,9,10);1H/t4-;/m1./s1. The summed E-state index contributed by atoms with van der Waals surface area (Å²) in [7, 11) is 0. The summed E-state index contributed by atoms with van der Waals surface area (Å²) in [4.78, 5) is 14.3. The van der Waals surface area contributed by atoms with Crippen molar-refractivity contribution >= 4 is 35.8 Å². The van der Waals surface area contributed by atoms with Crippen molar-refractivity contribution in [1.82, 2.24) is 5.32 Å². The number of nitrogens with one attached hydrogen (secondary N) is 1. The molecule has 0 aromatic rings. The van der Waals surface area contributed by atoms with Crippen molar-refractivity contribution in [1.29, 1.82) is 0 Å². The highest BCUT2D eigenvalue weighted by Gasteiger charge is 2.07. The monoisotopic (exact) mass is 286 g/mol. The van der Waals surface area contributed by atoms with Gasteiger partial charge in [-0.3, -0.25) is 9.79 Å². The van der Waals surface area contributed by atoms with Crippen molar-refractivity contribution < 1.29 is 4.79 Å². The highest BCUT2D eigenvalue weighted by Crippen LogP contribution is 1.77. The molecule has 0 saturated carbocycles. The molecule has 0 unspecified atom stereocenters. The first-order valence-corrected chi connectivity index (χ1v) is 3.43. The minimum absolute atomic E-state index is 0. The molecule has 0 bridgehead atoms. The maximum atomic E-state index is 10.5. The first-order valence-electron chi connectivity index (χ1n) is 3.43. The van der Waals surface area contributed by atoms with Gasteiger partial charge in [0.2, 0.25) is 5.91 Å². The number of rotatable bonds is 3. The second-order valence-corrected chi connectivity index (χ2v) is 2.13. The maximum Gasteiger partial charge on any atom is 0.239 e. The predicted octanol–water partition coefficient (Wildman–Crippen LogP) is -0.598. The fourth-order valence-electron chi connectivity index (χ4n) is 0.509. The van der Waals surface area contributed by atoms with Gasteiger partial charge in [0.25, 0.3) is 0 Å². The van der Waals surface area contributed by atoms with Gasteiger partial charge < -0.3 is 16.8 Å². The summed E-state index contributed by atoms with van der Waals surface area (Å²) in [5, 5.41) is 2.63. The Morgan fingerprint density at radius 1 is 1.58 bits per heavy atom. The molecule has 0 aromatic heterocycles. The van der Waals surface area contributed by atoms with Gasteiger partial charge in [0.05, 0.1) is 0 Å². The average Bonchev–Trinajstić information content (AvgIpc) is 1.87. The van der Waals surface area contributed by atoms with E-state index in [4.69, 9.17) is 11.5 Å². The second kappa shape index (κ2) is 7.14. The second-order valence-electron chi connectivity index (χ2n) is 2.13. The number of nitrogens with two attached hydrogens (primary N) is 2. The molecule has 0 rings (SSSR count). The minimum atomic E-state index is -0.467. The normalized spacial score (nSPS) is 13.0. The minimum Gasteiger partial charge on any atom is -0.370 e. The third kappa shape index (κ3) is 6.20. The molecule has 6 heteroatoms. The Hall–Kier alpha value is -0.530. The smallest absolute Gasteiger partial charge is 0.239 e. The molecule has 0 radical (unpaired) electrons. The molecule has 72 valence electrons. The summed E-state index contributed by atoms with van der Waals surface area (Å²) in [6, 6.07) is -0.467. The maximum absolute atomic E-state index is 10.5. The Kier molecular flexibility index (Phi) is 8.34. The van der Waals surface area contributed by atoms with Crippen LogP contribution in [0, 0.1) is 0 Å². The molecule has 0 fully saturated rings. The SMILES string of the molecule is CCN=C(N)N[C@H](C)C(N)=O.I. The largest absolute Gasteiger partial charge is 0.370 e. The third-order valence-electron chi connectivity index (χ3n) is 1.12. The molecular formula is C6H15IN4O. The fourth-order valence-corrected chi connectivity index (χ4v) is 0.509. The van der Waals surface area contributed by atoms with Gasteiger partial charge in [-0.05, 0) is 13.8 Å². The van der Waals surface area contributed by atoms with E-state index in [9.17, 15) is 4.79 Å². The van der Waals surface area contributed by atoms with E-state index in [0.717, 1.165) is 0 Å². The molecule has 0 saturated heterocycles. The van der Waals surface area contributed by atoms with E-state index in [2.05, 4.69) is 10.3 Å². The first-order chi connectivity index (χ1) is 5.07. The summed E-state index contributed by atoms with van der Waals surface area (Å²) in [6.45, 7) is 4.06. The lowest BCUT2D eigenvalue weighted by Gasteiger charge is -2.09. The zero-order chi connectivity index (χ0) is 8.85. The van der Waals surface area contributed by atoms with Crippen molar-refractivity contribution in [3.8, 4) is 0 Å². The summed E-state index contributed by atoms with van der Waals surface area (Å²) in [6.07, 6.45) is 0. The van der Waals surface area contributed by atoms with Crippen LogP contribution < -0.4 is 16.8 Å². The summed E-state index contributed by atoms with van der Waals surface area (Å²) < 4.78 is 0. The van der Waals surface area contributed by atoms with Crippen LogP contribution in [0.4, 0.5) is 0 Å². The number of aliphatic imine (C=N–C) groups is 1. The quantitative estimate of drug-likeness (QED) is 0.367. The number of carbonyl (C=O) groups is 1. The highest BCUT2D eigenvalue weighted by molar-refractivity contribution is 14.0. The van der Waals surface area contributed by atoms with Gasteiger partial charge in [-0.1, -0.05) is 0 Å². The van der Waals surface area contributed by atoms with E-state index in [1.807, 2.05) is 6.92 Å².